The Morgan fingerprint density at radius 3 is 2.06 bits per heavy atom. The molecule has 49 heavy (non-hydrogen) atoms. The summed E-state index contributed by atoms with van der Waals surface area (Å²) in [6, 6.07) is 16.1. The molecule has 0 bridgehead atoms. The lowest BCUT2D eigenvalue weighted by Crippen LogP contribution is -2.65. The highest BCUT2D eigenvalue weighted by Gasteiger charge is 2.51. The smallest absolute Gasteiger partial charge is 0.263 e. The van der Waals surface area contributed by atoms with Crippen molar-refractivity contribution in [2.24, 2.45) is 5.92 Å². The van der Waals surface area contributed by atoms with E-state index >= 15 is 0 Å². The van der Waals surface area contributed by atoms with E-state index in [1.165, 1.54) is 101 Å². The molecule has 0 fully saturated rings. The quantitative estimate of drug-likeness (QED) is 0.0581. The summed E-state index contributed by atoms with van der Waals surface area (Å²) in [4.78, 5) is 36.7. The van der Waals surface area contributed by atoms with Gasteiger partial charge >= 0.3 is 0 Å². The van der Waals surface area contributed by atoms with Gasteiger partial charge < -0.3 is 0 Å². The normalized spacial score (nSPS) is 17.2. The number of imide groups is 1. The maximum atomic E-state index is 14.0. The van der Waals surface area contributed by atoms with Gasteiger partial charge in [0.1, 0.15) is 0 Å². The van der Waals surface area contributed by atoms with Crippen LogP contribution in [0.3, 0.4) is 0 Å². The SMILES string of the molecule is CCCCCCCCN1C(=O)c2c(C)sc(-c3cc4c(s3)-c3sc(C)cc3[Si]4(CC(CC)CCCC)c3ccc(CCCC)cc3)c2C1=O. The summed E-state index contributed by atoms with van der Waals surface area (Å²) < 4.78 is 0. The molecule has 0 aliphatic carbocycles. The van der Waals surface area contributed by atoms with Crippen molar-refractivity contribution in [2.75, 3.05) is 6.54 Å². The Morgan fingerprint density at radius 1 is 0.694 bits per heavy atom. The Kier molecular flexibility index (Phi) is 11.8. The van der Waals surface area contributed by atoms with Gasteiger partial charge in [0.15, 0.2) is 8.07 Å². The minimum absolute atomic E-state index is 0.0779. The van der Waals surface area contributed by atoms with Gasteiger partial charge in [-0.2, -0.15) is 0 Å². The molecule has 2 atom stereocenters. The van der Waals surface area contributed by atoms with E-state index in [4.69, 9.17) is 0 Å². The van der Waals surface area contributed by atoms with Crippen LogP contribution in [0.1, 0.15) is 141 Å². The number of hydrogen-bond acceptors (Lipinski definition) is 5. The molecular weight excluding hydrogens is 675 g/mol. The number of benzene rings is 1. The molecule has 5 heterocycles. The lowest BCUT2D eigenvalue weighted by Gasteiger charge is -2.33. The zero-order chi connectivity index (χ0) is 34.7. The second kappa shape index (κ2) is 15.9. The van der Waals surface area contributed by atoms with Crippen LogP contribution in [0.5, 0.6) is 0 Å². The van der Waals surface area contributed by atoms with Gasteiger partial charge in [0, 0.05) is 30.9 Å². The second-order valence-corrected chi connectivity index (χ2v) is 22.0. The minimum atomic E-state index is -2.36. The summed E-state index contributed by atoms with van der Waals surface area (Å²) in [6.07, 6.45) is 15.4. The Hall–Kier alpha value is -2.32. The van der Waals surface area contributed by atoms with Crippen LogP contribution in [0.25, 0.3) is 19.5 Å². The van der Waals surface area contributed by atoms with Gasteiger partial charge in [-0.1, -0.05) is 116 Å². The fourth-order valence-corrected chi connectivity index (χ4v) is 19.0. The minimum Gasteiger partial charge on any atom is -0.274 e. The molecule has 0 radical (unpaired) electrons. The monoisotopic (exact) mass is 729 g/mol. The molecule has 2 amide bonds. The van der Waals surface area contributed by atoms with Gasteiger partial charge in [0.05, 0.1) is 16.0 Å². The summed E-state index contributed by atoms with van der Waals surface area (Å²) in [5.41, 5.74) is 2.77. The molecule has 2 aliphatic heterocycles. The first-order valence-corrected chi connectivity index (χ1v) is 23.8. The van der Waals surface area contributed by atoms with Gasteiger partial charge in [0.25, 0.3) is 11.8 Å². The van der Waals surface area contributed by atoms with Crippen LogP contribution < -0.4 is 15.6 Å². The number of carbonyl (C=O) groups excluding carboxylic acids is 2. The largest absolute Gasteiger partial charge is 0.274 e. The Morgan fingerprint density at radius 2 is 1.35 bits per heavy atom. The van der Waals surface area contributed by atoms with Gasteiger partial charge in [-0.25, -0.2) is 0 Å². The van der Waals surface area contributed by atoms with E-state index in [9.17, 15) is 9.59 Å². The zero-order valence-electron chi connectivity index (χ0n) is 30.6. The summed E-state index contributed by atoms with van der Waals surface area (Å²) in [5.74, 6) is 0.519. The molecule has 3 nitrogen and oxygen atoms in total. The first kappa shape index (κ1) is 36.5. The number of unbranched alkanes of at least 4 members (excludes halogenated alkanes) is 7. The average Bonchev–Trinajstić information content (AvgIpc) is 3.89. The lowest BCUT2D eigenvalue weighted by atomic mass is 10.0. The molecule has 0 saturated carbocycles. The summed E-state index contributed by atoms with van der Waals surface area (Å²) in [5, 5.41) is 4.70. The van der Waals surface area contributed by atoms with E-state index < -0.39 is 8.07 Å². The molecule has 3 aromatic heterocycles. The number of amides is 2. The first-order chi connectivity index (χ1) is 23.8. The van der Waals surface area contributed by atoms with Crippen molar-refractivity contribution in [3.8, 4) is 19.5 Å². The fourth-order valence-electron chi connectivity index (χ4n) is 8.29. The van der Waals surface area contributed by atoms with Crippen molar-refractivity contribution in [1.29, 1.82) is 0 Å². The predicted molar refractivity (Wildman–Crippen MR) is 217 cm³/mol. The summed E-state index contributed by atoms with van der Waals surface area (Å²) in [6.45, 7) is 14.0. The molecule has 6 rings (SSSR count). The number of nitrogens with zero attached hydrogens (tertiary/aromatic N) is 1. The number of rotatable bonds is 18. The maximum absolute atomic E-state index is 14.0. The van der Waals surface area contributed by atoms with Crippen LogP contribution in [-0.2, 0) is 6.42 Å². The van der Waals surface area contributed by atoms with Gasteiger partial charge in [-0.3, -0.25) is 14.5 Å². The van der Waals surface area contributed by atoms with Crippen LogP contribution in [0.2, 0.25) is 6.04 Å². The third kappa shape index (κ3) is 6.86. The standard InChI is InChI=1S/C42H55NO2S3Si/c1-7-11-14-15-16-17-24-43-41(44)36-29(6)47-38(37(36)42(43)45)33-26-35-40(48-33)39-34(25-28(5)46-39)49(35,27-30(10-4)18-12-8-2)32-22-20-31(21-23-32)19-13-9-3/h20-23,25-26,30H,7-19,24,27H2,1-6H3. The van der Waals surface area contributed by atoms with E-state index in [2.05, 4.69) is 71.0 Å². The van der Waals surface area contributed by atoms with E-state index in [1.54, 1.807) is 26.6 Å². The van der Waals surface area contributed by atoms with E-state index in [1.807, 2.05) is 29.6 Å². The third-order valence-corrected chi connectivity index (χ3v) is 20.2. The van der Waals surface area contributed by atoms with Crippen molar-refractivity contribution < 1.29 is 9.59 Å². The van der Waals surface area contributed by atoms with Crippen LogP contribution in [0.15, 0.2) is 36.4 Å². The van der Waals surface area contributed by atoms with E-state index in [0.717, 1.165) is 29.0 Å². The lowest BCUT2D eigenvalue weighted by molar-refractivity contribution is 0.0651. The van der Waals surface area contributed by atoms with Gasteiger partial charge in [0.2, 0.25) is 0 Å². The highest BCUT2D eigenvalue weighted by Crippen LogP contribution is 2.48. The average molecular weight is 730 g/mol. The van der Waals surface area contributed by atoms with Crippen molar-refractivity contribution in [3.05, 3.63) is 62.8 Å². The van der Waals surface area contributed by atoms with Crippen LogP contribution in [0, 0.1) is 19.8 Å². The van der Waals surface area contributed by atoms with Crippen molar-refractivity contribution >= 4 is 69.5 Å². The molecule has 262 valence electrons. The van der Waals surface area contributed by atoms with E-state index in [-0.39, 0.29) is 11.8 Å². The first-order valence-electron chi connectivity index (χ1n) is 19.1. The maximum Gasteiger partial charge on any atom is 0.263 e. The van der Waals surface area contributed by atoms with Crippen LogP contribution in [-0.4, -0.2) is 31.3 Å². The predicted octanol–water partition coefficient (Wildman–Crippen LogP) is 11.1. The second-order valence-electron chi connectivity index (χ2n) is 14.5. The Labute approximate surface area is 308 Å². The molecular formula is C42H55NO2S3Si. The van der Waals surface area contributed by atoms with Crippen molar-refractivity contribution in [2.45, 2.75) is 131 Å². The molecule has 4 aromatic rings. The Bertz CT molecular complexity index is 1780. The topological polar surface area (TPSA) is 37.4 Å². The molecule has 0 spiro atoms. The van der Waals surface area contributed by atoms with Crippen molar-refractivity contribution in [3.63, 3.8) is 0 Å². The van der Waals surface area contributed by atoms with Gasteiger partial charge in [-0.05, 0) is 78.3 Å². The Balaban J connectivity index is 1.42. The van der Waals surface area contributed by atoms with Crippen LogP contribution in [0.4, 0.5) is 0 Å². The van der Waals surface area contributed by atoms with Crippen LogP contribution >= 0.6 is 34.0 Å². The number of aryl methyl sites for hydroxylation is 3. The summed E-state index contributed by atoms with van der Waals surface area (Å²) in [7, 11) is -2.36. The molecule has 2 aliphatic rings. The van der Waals surface area contributed by atoms with E-state index in [0.29, 0.717) is 23.6 Å². The molecule has 2 unspecified atom stereocenters. The van der Waals surface area contributed by atoms with Gasteiger partial charge in [-0.15, -0.1) is 34.0 Å². The fraction of sp³-hybridized carbons (Fsp3) is 0.524. The molecule has 0 N–H and O–H groups in total. The molecule has 1 aromatic carbocycles. The zero-order valence-corrected chi connectivity index (χ0v) is 34.1. The number of hydrogen-bond donors (Lipinski definition) is 0. The molecule has 0 saturated heterocycles. The summed E-state index contributed by atoms with van der Waals surface area (Å²) >= 11 is 5.50. The number of fused-ring (bicyclic) bond motifs is 4. The highest BCUT2D eigenvalue weighted by molar-refractivity contribution is 7.33. The van der Waals surface area contributed by atoms with Crippen molar-refractivity contribution in [1.82, 2.24) is 4.90 Å². The molecule has 7 heteroatoms. The third-order valence-electron chi connectivity index (χ3n) is 11.1. The number of carbonyl (C=O) groups is 2. The highest BCUT2D eigenvalue weighted by atomic mass is 32.1. The number of thiophene rings is 3.